The molecule has 0 amide bonds. The third-order valence-corrected chi connectivity index (χ3v) is 9.59. The van der Waals surface area contributed by atoms with E-state index in [-0.39, 0.29) is 56.5 Å². The van der Waals surface area contributed by atoms with Crippen LogP contribution in [0.5, 0.6) is 5.75 Å². The summed E-state index contributed by atoms with van der Waals surface area (Å²) in [6.07, 6.45) is -2.45. The van der Waals surface area contributed by atoms with E-state index in [0.717, 1.165) is 27.4 Å². The molecule has 3 aromatic carbocycles. The van der Waals surface area contributed by atoms with Crippen LogP contribution in [0.4, 0.5) is 27.8 Å². The van der Waals surface area contributed by atoms with Crippen LogP contribution in [-0.2, 0) is 23.0 Å². The van der Waals surface area contributed by atoms with Crippen molar-refractivity contribution >= 4 is 49.2 Å². The number of ether oxygens (including phenoxy) is 1. The van der Waals surface area contributed by atoms with E-state index in [4.69, 9.17) is 22.1 Å². The molecule has 0 bridgehead atoms. The van der Waals surface area contributed by atoms with Gasteiger partial charge in [-0.15, -0.1) is 0 Å². The minimum atomic E-state index is -3.95. The Kier molecular flexibility index (Phi) is 8.14. The summed E-state index contributed by atoms with van der Waals surface area (Å²) in [5.41, 5.74) is 5.03. The van der Waals surface area contributed by atoms with Crippen molar-refractivity contribution in [1.29, 1.82) is 0 Å². The van der Waals surface area contributed by atoms with Gasteiger partial charge in [0.25, 0.3) is 12.0 Å². The first kappa shape index (κ1) is 31.7. The number of aromatic nitrogens is 4. The van der Waals surface area contributed by atoms with Gasteiger partial charge in [0.05, 0.1) is 45.5 Å². The van der Waals surface area contributed by atoms with Crippen molar-refractivity contribution in [3.8, 4) is 11.4 Å². The molecule has 1 saturated carbocycles. The van der Waals surface area contributed by atoms with E-state index in [1.54, 1.807) is 0 Å². The fraction of sp³-hybridized carbons (Fsp3) is 0.276. The van der Waals surface area contributed by atoms with E-state index in [2.05, 4.69) is 14.8 Å². The highest BCUT2D eigenvalue weighted by molar-refractivity contribution is 7.93. The van der Waals surface area contributed by atoms with Gasteiger partial charge in [0.1, 0.15) is 41.0 Å². The van der Waals surface area contributed by atoms with Crippen molar-refractivity contribution < 1.29 is 35.1 Å². The Morgan fingerprint density at radius 1 is 1.09 bits per heavy atom. The van der Waals surface area contributed by atoms with Gasteiger partial charge in [-0.05, 0) is 49.1 Å². The average molecular weight is 683 g/mol. The van der Waals surface area contributed by atoms with Gasteiger partial charge < -0.3 is 10.5 Å². The zero-order valence-electron chi connectivity index (χ0n) is 23.8. The van der Waals surface area contributed by atoms with Crippen LogP contribution in [-0.4, -0.2) is 46.5 Å². The molecule has 17 heteroatoms. The number of anilines is 1. The Hall–Kier alpha value is -4.28. The van der Waals surface area contributed by atoms with Crippen molar-refractivity contribution in [2.24, 2.45) is 5.73 Å². The second kappa shape index (κ2) is 11.8. The SMILES string of the molecule is COc1cc(F)c2c(=O)n(-c3ccc(Cl)c4c(NS(=O)(=O)C5CC5)nn(CC(F)F)c34)c(C(N)Cc3cc(F)cc(F)c3)nc2c1. The second-order valence-electron chi connectivity index (χ2n) is 10.8. The highest BCUT2D eigenvalue weighted by atomic mass is 35.5. The Balaban J connectivity index is 1.65. The molecule has 5 aromatic rings. The number of fused-ring (bicyclic) bond motifs is 2. The topological polar surface area (TPSA) is 134 Å². The minimum Gasteiger partial charge on any atom is -0.497 e. The molecule has 3 N–H and O–H groups in total. The summed E-state index contributed by atoms with van der Waals surface area (Å²) in [5.74, 6) is -3.35. The molecule has 10 nitrogen and oxygen atoms in total. The summed E-state index contributed by atoms with van der Waals surface area (Å²) < 4.78 is 106. The summed E-state index contributed by atoms with van der Waals surface area (Å²) in [7, 11) is -2.67. The lowest BCUT2D eigenvalue weighted by atomic mass is 10.0. The maximum atomic E-state index is 15.4. The zero-order chi connectivity index (χ0) is 33.1. The molecule has 0 saturated heterocycles. The van der Waals surface area contributed by atoms with E-state index >= 15 is 4.39 Å². The van der Waals surface area contributed by atoms with Crippen LogP contribution in [0.3, 0.4) is 0 Å². The monoisotopic (exact) mass is 682 g/mol. The predicted octanol–water partition coefficient (Wildman–Crippen LogP) is 5.23. The molecular formula is C29H24ClF5N6O4S. The van der Waals surface area contributed by atoms with Gasteiger partial charge in [0.2, 0.25) is 10.0 Å². The van der Waals surface area contributed by atoms with Crippen LogP contribution in [0.2, 0.25) is 5.02 Å². The first-order valence-electron chi connectivity index (χ1n) is 13.8. The van der Waals surface area contributed by atoms with E-state index in [0.29, 0.717) is 18.9 Å². The van der Waals surface area contributed by atoms with E-state index in [9.17, 15) is 30.8 Å². The maximum Gasteiger partial charge on any atom is 0.269 e. The van der Waals surface area contributed by atoms with Gasteiger partial charge in [0, 0.05) is 18.2 Å². The van der Waals surface area contributed by atoms with E-state index in [1.165, 1.54) is 25.3 Å². The Labute approximate surface area is 262 Å². The minimum absolute atomic E-state index is 0.0258. The van der Waals surface area contributed by atoms with Crippen LogP contribution in [0, 0.1) is 17.5 Å². The predicted molar refractivity (Wildman–Crippen MR) is 161 cm³/mol. The molecule has 0 spiro atoms. The molecular weight excluding hydrogens is 659 g/mol. The lowest BCUT2D eigenvalue weighted by Crippen LogP contribution is -2.30. The van der Waals surface area contributed by atoms with Gasteiger partial charge >= 0.3 is 0 Å². The largest absolute Gasteiger partial charge is 0.497 e. The molecule has 242 valence electrons. The van der Waals surface area contributed by atoms with Gasteiger partial charge in [-0.3, -0.25) is 18.8 Å². The number of rotatable bonds is 10. The quantitative estimate of drug-likeness (QED) is 0.193. The standard InChI is InChI=1S/C29H24ClF5N6O4S/c1-45-16-10-19(33)25-21(11-16)37-28(20(36)8-13-6-14(31)9-15(32)7-13)41(29(25)42)22-5-4-18(30)24-26(22)40(12-23(34)35)38-27(24)39-46(43,44)17-2-3-17/h4-7,9-11,17,20,23H,2-3,8,12,36H2,1H3,(H,38,39). The molecule has 0 radical (unpaired) electrons. The van der Waals surface area contributed by atoms with Gasteiger partial charge in [0.15, 0.2) is 5.82 Å². The number of halogens is 6. The molecule has 0 aliphatic heterocycles. The summed E-state index contributed by atoms with van der Waals surface area (Å²) >= 11 is 6.48. The fourth-order valence-electron chi connectivity index (χ4n) is 5.30. The maximum absolute atomic E-state index is 15.4. The number of methoxy groups -OCH3 is 1. The third kappa shape index (κ3) is 5.87. The van der Waals surface area contributed by atoms with Crippen LogP contribution >= 0.6 is 11.6 Å². The molecule has 2 aromatic heterocycles. The lowest BCUT2D eigenvalue weighted by Gasteiger charge is -2.20. The molecule has 1 atom stereocenters. The Morgan fingerprint density at radius 3 is 2.41 bits per heavy atom. The summed E-state index contributed by atoms with van der Waals surface area (Å²) in [4.78, 5) is 18.6. The van der Waals surface area contributed by atoms with Crippen LogP contribution in [0.1, 0.15) is 30.3 Å². The number of nitrogens with one attached hydrogen (secondary N) is 1. The van der Waals surface area contributed by atoms with Gasteiger partial charge in [-0.1, -0.05) is 11.6 Å². The van der Waals surface area contributed by atoms with Crippen molar-refractivity contribution in [3.05, 3.63) is 86.7 Å². The first-order valence-corrected chi connectivity index (χ1v) is 15.7. The number of hydrogen-bond acceptors (Lipinski definition) is 7. The number of nitrogens with zero attached hydrogens (tertiary/aromatic N) is 4. The normalized spacial score (nSPS) is 14.4. The highest BCUT2D eigenvalue weighted by Gasteiger charge is 2.37. The average Bonchev–Trinajstić information content (AvgIpc) is 3.77. The van der Waals surface area contributed by atoms with Crippen molar-refractivity contribution in [1.82, 2.24) is 19.3 Å². The van der Waals surface area contributed by atoms with Crippen molar-refractivity contribution in [2.45, 2.75) is 43.5 Å². The number of hydrogen-bond donors (Lipinski definition) is 2. The molecule has 46 heavy (non-hydrogen) atoms. The Morgan fingerprint density at radius 2 is 1.78 bits per heavy atom. The molecule has 1 fully saturated rings. The number of alkyl halides is 2. The van der Waals surface area contributed by atoms with Crippen LogP contribution in [0.25, 0.3) is 27.5 Å². The summed E-state index contributed by atoms with van der Waals surface area (Å²) in [6, 6.07) is 6.23. The van der Waals surface area contributed by atoms with Crippen molar-refractivity contribution in [2.75, 3.05) is 11.8 Å². The fourth-order valence-corrected chi connectivity index (χ4v) is 6.88. The van der Waals surface area contributed by atoms with E-state index < -0.39 is 62.7 Å². The van der Waals surface area contributed by atoms with Crippen LogP contribution < -0.4 is 20.8 Å². The number of sulfonamides is 1. The summed E-state index contributed by atoms with van der Waals surface area (Å²) in [5, 5.41) is 2.67. The van der Waals surface area contributed by atoms with E-state index in [1.807, 2.05) is 0 Å². The highest BCUT2D eigenvalue weighted by Crippen LogP contribution is 2.38. The molecule has 6 rings (SSSR count). The summed E-state index contributed by atoms with van der Waals surface area (Å²) in [6.45, 7) is -1.04. The lowest BCUT2D eigenvalue weighted by molar-refractivity contribution is 0.123. The third-order valence-electron chi connectivity index (χ3n) is 7.44. The number of benzene rings is 3. The number of nitrogens with two attached hydrogens (primary N) is 1. The van der Waals surface area contributed by atoms with Crippen molar-refractivity contribution in [3.63, 3.8) is 0 Å². The molecule has 1 unspecified atom stereocenters. The van der Waals surface area contributed by atoms with Crippen LogP contribution in [0.15, 0.2) is 47.3 Å². The zero-order valence-corrected chi connectivity index (χ0v) is 25.3. The van der Waals surface area contributed by atoms with Gasteiger partial charge in [-0.25, -0.2) is 35.4 Å². The van der Waals surface area contributed by atoms with Gasteiger partial charge in [-0.2, -0.15) is 5.10 Å². The smallest absolute Gasteiger partial charge is 0.269 e. The molecule has 2 heterocycles. The molecule has 1 aliphatic carbocycles. The Bertz CT molecular complexity index is 2170. The second-order valence-corrected chi connectivity index (χ2v) is 13.1. The molecule has 1 aliphatic rings. The first-order chi connectivity index (χ1) is 21.8.